The lowest BCUT2D eigenvalue weighted by molar-refractivity contribution is -0.108. The Labute approximate surface area is 94.1 Å². The number of aromatic amines is 1. The van der Waals surface area contributed by atoms with Crippen molar-refractivity contribution in [1.82, 2.24) is 4.98 Å². The molecule has 1 aromatic heterocycles. The minimum Gasteiger partial charge on any atom is -0.507 e. The Bertz CT molecular complexity index is 528. The van der Waals surface area contributed by atoms with E-state index in [1.165, 1.54) is 0 Å². The molecule has 0 saturated heterocycles. The van der Waals surface area contributed by atoms with E-state index in [1.807, 2.05) is 32.0 Å². The highest BCUT2D eigenvalue weighted by molar-refractivity contribution is 5.88. The summed E-state index contributed by atoms with van der Waals surface area (Å²) in [6.07, 6.45) is 1.32. The van der Waals surface area contributed by atoms with E-state index in [4.69, 9.17) is 0 Å². The lowest BCUT2D eigenvalue weighted by atomic mass is 9.96. The standard InChI is InChI=1S/C13H15NO2/c1-8(5-6-15)10-3-4-12-11(13(10)16)7-9(2)14-12/h3-4,6-8,14,16H,5H2,1-2H3. The van der Waals surface area contributed by atoms with Gasteiger partial charge in [-0.25, -0.2) is 0 Å². The van der Waals surface area contributed by atoms with Crippen LogP contribution >= 0.6 is 0 Å². The van der Waals surface area contributed by atoms with Crippen molar-refractivity contribution >= 4 is 17.2 Å². The number of phenolic OH excluding ortho intramolecular Hbond substituents is 1. The molecule has 0 aliphatic heterocycles. The molecule has 0 saturated carbocycles. The average Bonchev–Trinajstić information content (AvgIpc) is 2.60. The lowest BCUT2D eigenvalue weighted by Crippen LogP contribution is -1.94. The third-order valence-corrected chi connectivity index (χ3v) is 2.92. The lowest BCUT2D eigenvalue weighted by Gasteiger charge is -2.10. The molecule has 0 spiro atoms. The highest BCUT2D eigenvalue weighted by atomic mass is 16.3. The topological polar surface area (TPSA) is 53.1 Å². The van der Waals surface area contributed by atoms with Crippen LogP contribution in [-0.4, -0.2) is 16.4 Å². The summed E-state index contributed by atoms with van der Waals surface area (Å²) >= 11 is 0. The Hall–Kier alpha value is -1.77. The molecule has 3 nitrogen and oxygen atoms in total. The number of carbonyl (C=O) groups excluding carboxylic acids is 1. The summed E-state index contributed by atoms with van der Waals surface area (Å²) in [5.41, 5.74) is 2.78. The van der Waals surface area contributed by atoms with Crippen molar-refractivity contribution in [2.75, 3.05) is 0 Å². The van der Waals surface area contributed by atoms with Gasteiger partial charge >= 0.3 is 0 Å². The van der Waals surface area contributed by atoms with Crippen LogP contribution in [0.4, 0.5) is 0 Å². The molecule has 0 bridgehead atoms. The fourth-order valence-electron chi connectivity index (χ4n) is 2.01. The molecule has 1 atom stereocenters. The first-order chi connectivity index (χ1) is 7.63. The summed E-state index contributed by atoms with van der Waals surface area (Å²) in [6, 6.07) is 5.74. The Balaban J connectivity index is 2.55. The molecule has 84 valence electrons. The highest BCUT2D eigenvalue weighted by Crippen LogP contribution is 2.34. The van der Waals surface area contributed by atoms with Crippen LogP contribution in [0.3, 0.4) is 0 Å². The van der Waals surface area contributed by atoms with Crippen molar-refractivity contribution in [1.29, 1.82) is 0 Å². The summed E-state index contributed by atoms with van der Waals surface area (Å²) in [6.45, 7) is 3.89. The number of phenols is 1. The van der Waals surface area contributed by atoms with Gasteiger partial charge in [0, 0.05) is 23.0 Å². The Morgan fingerprint density at radius 1 is 1.50 bits per heavy atom. The number of aldehydes is 1. The number of aromatic hydroxyl groups is 1. The maximum absolute atomic E-state index is 10.5. The zero-order valence-corrected chi connectivity index (χ0v) is 9.45. The summed E-state index contributed by atoms with van der Waals surface area (Å²) in [5.74, 6) is 0.341. The van der Waals surface area contributed by atoms with Crippen LogP contribution < -0.4 is 0 Å². The molecule has 0 aliphatic rings. The maximum atomic E-state index is 10.5. The van der Waals surface area contributed by atoms with Crippen molar-refractivity contribution in [3.05, 3.63) is 29.5 Å². The van der Waals surface area contributed by atoms with Crippen LogP contribution in [0.25, 0.3) is 10.9 Å². The van der Waals surface area contributed by atoms with E-state index in [0.717, 1.165) is 28.4 Å². The third-order valence-electron chi connectivity index (χ3n) is 2.92. The Morgan fingerprint density at radius 2 is 2.25 bits per heavy atom. The van der Waals surface area contributed by atoms with Gasteiger partial charge in [-0.15, -0.1) is 0 Å². The van der Waals surface area contributed by atoms with Gasteiger partial charge in [-0.05, 0) is 30.5 Å². The van der Waals surface area contributed by atoms with Crippen molar-refractivity contribution in [2.24, 2.45) is 0 Å². The Kier molecular flexibility index (Phi) is 2.69. The second-order valence-corrected chi connectivity index (χ2v) is 4.22. The van der Waals surface area contributed by atoms with E-state index < -0.39 is 0 Å². The number of hydrogen-bond donors (Lipinski definition) is 2. The van der Waals surface area contributed by atoms with Gasteiger partial charge in [0.15, 0.2) is 0 Å². The second-order valence-electron chi connectivity index (χ2n) is 4.22. The van der Waals surface area contributed by atoms with Gasteiger partial charge in [-0.3, -0.25) is 0 Å². The van der Waals surface area contributed by atoms with Gasteiger partial charge in [0.2, 0.25) is 0 Å². The zero-order valence-electron chi connectivity index (χ0n) is 9.45. The van der Waals surface area contributed by atoms with E-state index in [2.05, 4.69) is 4.98 Å². The number of aryl methyl sites for hydroxylation is 1. The predicted octanol–water partition coefficient (Wildman–Crippen LogP) is 2.87. The van der Waals surface area contributed by atoms with Crippen LogP contribution in [0.15, 0.2) is 18.2 Å². The summed E-state index contributed by atoms with van der Waals surface area (Å²) in [5, 5.41) is 11.0. The van der Waals surface area contributed by atoms with Crippen molar-refractivity contribution in [2.45, 2.75) is 26.2 Å². The molecule has 16 heavy (non-hydrogen) atoms. The average molecular weight is 217 g/mol. The first-order valence-electron chi connectivity index (χ1n) is 5.38. The van der Waals surface area contributed by atoms with Crippen LogP contribution in [0.2, 0.25) is 0 Å². The number of rotatable bonds is 3. The largest absolute Gasteiger partial charge is 0.507 e. The first-order valence-corrected chi connectivity index (χ1v) is 5.38. The van der Waals surface area contributed by atoms with Gasteiger partial charge < -0.3 is 14.9 Å². The van der Waals surface area contributed by atoms with E-state index in [-0.39, 0.29) is 11.7 Å². The van der Waals surface area contributed by atoms with Gasteiger partial charge in [-0.2, -0.15) is 0 Å². The van der Waals surface area contributed by atoms with E-state index >= 15 is 0 Å². The van der Waals surface area contributed by atoms with E-state index in [9.17, 15) is 9.90 Å². The van der Waals surface area contributed by atoms with Crippen molar-refractivity contribution < 1.29 is 9.90 Å². The van der Waals surface area contributed by atoms with Gasteiger partial charge in [0.05, 0.1) is 0 Å². The Morgan fingerprint density at radius 3 is 2.94 bits per heavy atom. The van der Waals surface area contributed by atoms with Crippen LogP contribution in [0.5, 0.6) is 5.75 Å². The molecule has 2 rings (SSSR count). The zero-order chi connectivity index (χ0) is 11.7. The SMILES string of the molecule is Cc1cc2c(O)c(C(C)CC=O)ccc2[nH]1. The third kappa shape index (κ3) is 1.69. The molecule has 2 aromatic rings. The summed E-state index contributed by atoms with van der Waals surface area (Å²) in [4.78, 5) is 13.6. The number of fused-ring (bicyclic) bond motifs is 1. The minimum absolute atomic E-state index is 0.0529. The normalized spacial score (nSPS) is 12.9. The quantitative estimate of drug-likeness (QED) is 0.777. The van der Waals surface area contributed by atoms with Gasteiger partial charge in [-0.1, -0.05) is 13.0 Å². The molecule has 0 amide bonds. The smallest absolute Gasteiger partial charge is 0.128 e. The second kappa shape index (κ2) is 4.00. The van der Waals surface area contributed by atoms with E-state index in [1.54, 1.807) is 0 Å². The summed E-state index contributed by atoms with van der Waals surface area (Å²) < 4.78 is 0. The fraction of sp³-hybridized carbons (Fsp3) is 0.308. The highest BCUT2D eigenvalue weighted by Gasteiger charge is 2.13. The van der Waals surface area contributed by atoms with Crippen LogP contribution in [0, 0.1) is 6.92 Å². The minimum atomic E-state index is 0.0529. The molecule has 1 aromatic carbocycles. The van der Waals surface area contributed by atoms with Crippen LogP contribution in [-0.2, 0) is 4.79 Å². The molecular weight excluding hydrogens is 202 g/mol. The molecule has 0 fully saturated rings. The molecule has 2 N–H and O–H groups in total. The molecule has 1 unspecified atom stereocenters. The van der Waals surface area contributed by atoms with E-state index in [0.29, 0.717) is 6.42 Å². The van der Waals surface area contributed by atoms with Gasteiger partial charge in [0.1, 0.15) is 12.0 Å². The number of aromatic nitrogens is 1. The molecular formula is C13H15NO2. The maximum Gasteiger partial charge on any atom is 0.128 e. The van der Waals surface area contributed by atoms with Crippen molar-refractivity contribution in [3.8, 4) is 5.75 Å². The number of hydrogen-bond acceptors (Lipinski definition) is 2. The van der Waals surface area contributed by atoms with Crippen molar-refractivity contribution in [3.63, 3.8) is 0 Å². The number of carbonyl (C=O) groups is 1. The number of benzene rings is 1. The number of nitrogens with one attached hydrogen (secondary N) is 1. The molecule has 3 heteroatoms. The molecule has 0 aliphatic carbocycles. The predicted molar refractivity (Wildman–Crippen MR) is 63.8 cm³/mol. The van der Waals surface area contributed by atoms with Gasteiger partial charge in [0.25, 0.3) is 0 Å². The summed E-state index contributed by atoms with van der Waals surface area (Å²) in [7, 11) is 0. The monoisotopic (exact) mass is 217 g/mol. The number of H-pyrrole nitrogens is 1. The fourth-order valence-corrected chi connectivity index (χ4v) is 2.01. The first kappa shape index (κ1) is 10.7. The van der Waals surface area contributed by atoms with Crippen LogP contribution in [0.1, 0.15) is 30.5 Å². The molecule has 1 heterocycles. The molecule has 0 radical (unpaired) electrons.